The molecule has 108 valence electrons. The monoisotopic (exact) mass is 362 g/mol. The van der Waals surface area contributed by atoms with Gasteiger partial charge in [-0.2, -0.15) is 0 Å². The van der Waals surface area contributed by atoms with Crippen LogP contribution in [0.4, 0.5) is 0 Å². The molecule has 1 atom stereocenters. The van der Waals surface area contributed by atoms with Crippen LogP contribution in [0, 0.1) is 0 Å². The van der Waals surface area contributed by atoms with Gasteiger partial charge in [-0.1, -0.05) is 24.3 Å². The summed E-state index contributed by atoms with van der Waals surface area (Å²) in [5.41, 5.74) is 1.82. The Hall–Kier alpha value is -1.36. The number of thiophene rings is 1. The summed E-state index contributed by atoms with van der Waals surface area (Å²) in [7, 11) is 0. The highest BCUT2D eigenvalue weighted by Crippen LogP contribution is 2.37. The highest BCUT2D eigenvalue weighted by Gasteiger charge is 2.16. The van der Waals surface area contributed by atoms with Gasteiger partial charge in [-0.3, -0.25) is 0 Å². The van der Waals surface area contributed by atoms with Crippen LogP contribution < -0.4 is 4.74 Å². The average molecular weight is 363 g/mol. The first kappa shape index (κ1) is 14.6. The molecule has 0 spiro atoms. The normalized spacial score (nSPS) is 12.5. The maximum atomic E-state index is 10.6. The molecule has 21 heavy (non-hydrogen) atoms. The molecule has 2 aromatic carbocycles. The second kappa shape index (κ2) is 6.18. The van der Waals surface area contributed by atoms with Crippen LogP contribution in [-0.2, 0) is 0 Å². The van der Waals surface area contributed by atoms with Crippen molar-refractivity contribution in [3.8, 4) is 5.75 Å². The molecular weight excluding hydrogens is 348 g/mol. The molecule has 0 bridgehead atoms. The van der Waals surface area contributed by atoms with E-state index < -0.39 is 6.10 Å². The summed E-state index contributed by atoms with van der Waals surface area (Å²) in [4.78, 5) is 0. The quantitative estimate of drug-likeness (QED) is 0.695. The zero-order valence-corrected chi connectivity index (χ0v) is 13.9. The Labute approximate surface area is 136 Å². The van der Waals surface area contributed by atoms with Gasteiger partial charge < -0.3 is 9.84 Å². The minimum absolute atomic E-state index is 0.622. The van der Waals surface area contributed by atoms with Crippen LogP contribution in [0.3, 0.4) is 0 Å². The highest BCUT2D eigenvalue weighted by molar-refractivity contribution is 9.10. The van der Waals surface area contributed by atoms with Gasteiger partial charge in [-0.05, 0) is 57.4 Å². The molecule has 1 unspecified atom stereocenters. The molecule has 0 aliphatic rings. The average Bonchev–Trinajstić information content (AvgIpc) is 2.93. The first-order valence-corrected chi connectivity index (χ1v) is 8.44. The van der Waals surface area contributed by atoms with Crippen LogP contribution in [0.25, 0.3) is 10.1 Å². The summed E-state index contributed by atoms with van der Waals surface area (Å²) in [5, 5.41) is 13.8. The number of ether oxygens (including phenoxy) is 1. The Kier molecular flexibility index (Phi) is 4.29. The fourth-order valence-electron chi connectivity index (χ4n) is 2.35. The fraction of sp³-hybridized carbons (Fsp3) is 0.176. The van der Waals surface area contributed by atoms with Gasteiger partial charge in [-0.25, -0.2) is 0 Å². The molecule has 1 heterocycles. The van der Waals surface area contributed by atoms with E-state index in [2.05, 4.69) is 15.9 Å². The largest absolute Gasteiger partial charge is 0.494 e. The zero-order valence-electron chi connectivity index (χ0n) is 11.5. The van der Waals surface area contributed by atoms with Gasteiger partial charge in [0, 0.05) is 14.7 Å². The van der Waals surface area contributed by atoms with E-state index in [1.165, 1.54) is 0 Å². The predicted octanol–water partition coefficient (Wildman–Crippen LogP) is 5.14. The van der Waals surface area contributed by atoms with Crippen LogP contribution in [0.15, 0.2) is 52.3 Å². The van der Waals surface area contributed by atoms with Crippen molar-refractivity contribution >= 4 is 37.4 Å². The molecule has 1 aromatic heterocycles. The molecule has 0 saturated carbocycles. The minimum Gasteiger partial charge on any atom is -0.494 e. The van der Waals surface area contributed by atoms with Crippen LogP contribution in [0.5, 0.6) is 5.75 Å². The lowest BCUT2D eigenvalue weighted by molar-refractivity contribution is 0.222. The third-order valence-electron chi connectivity index (χ3n) is 3.38. The molecule has 3 rings (SSSR count). The third-order valence-corrected chi connectivity index (χ3v) is 5.35. The Morgan fingerprint density at radius 1 is 1.19 bits per heavy atom. The predicted molar refractivity (Wildman–Crippen MR) is 91.2 cm³/mol. The van der Waals surface area contributed by atoms with Crippen LogP contribution in [-0.4, -0.2) is 11.7 Å². The van der Waals surface area contributed by atoms with E-state index in [0.717, 1.165) is 31.4 Å². The maximum Gasteiger partial charge on any atom is 0.119 e. The van der Waals surface area contributed by atoms with Crippen LogP contribution in [0.2, 0.25) is 0 Å². The van der Waals surface area contributed by atoms with E-state index in [4.69, 9.17) is 4.74 Å². The smallest absolute Gasteiger partial charge is 0.119 e. The van der Waals surface area contributed by atoms with Crippen LogP contribution in [0.1, 0.15) is 24.2 Å². The summed E-state index contributed by atoms with van der Waals surface area (Å²) in [5.74, 6) is 0.825. The Balaban J connectivity index is 1.96. The van der Waals surface area contributed by atoms with E-state index >= 15 is 0 Å². The fourth-order valence-corrected chi connectivity index (χ4v) is 3.99. The van der Waals surface area contributed by atoms with Crippen LogP contribution >= 0.6 is 27.3 Å². The number of hydrogen-bond donors (Lipinski definition) is 1. The molecule has 0 fully saturated rings. The zero-order chi connectivity index (χ0) is 14.8. The molecule has 0 aliphatic heterocycles. The van der Waals surface area contributed by atoms with Crippen molar-refractivity contribution in [2.75, 3.05) is 6.61 Å². The molecule has 0 aliphatic carbocycles. The standard InChI is InChI=1S/C17H15BrO2S/c1-2-20-12-8-6-11(7-9-12)16(19)14-10-21-17-13(14)4-3-5-15(17)18/h3-10,16,19H,2H2,1H3. The number of fused-ring (bicyclic) bond motifs is 1. The Morgan fingerprint density at radius 3 is 2.67 bits per heavy atom. The van der Waals surface area contributed by atoms with E-state index in [9.17, 15) is 5.11 Å². The molecule has 0 amide bonds. The highest BCUT2D eigenvalue weighted by atomic mass is 79.9. The van der Waals surface area contributed by atoms with Crippen molar-refractivity contribution in [1.82, 2.24) is 0 Å². The van der Waals surface area contributed by atoms with Gasteiger partial charge in [0.15, 0.2) is 0 Å². The van der Waals surface area contributed by atoms with E-state index in [1.807, 2.05) is 54.8 Å². The molecule has 0 radical (unpaired) electrons. The van der Waals surface area contributed by atoms with Crippen molar-refractivity contribution in [3.63, 3.8) is 0 Å². The maximum absolute atomic E-state index is 10.6. The number of aliphatic hydroxyl groups excluding tert-OH is 1. The summed E-state index contributed by atoms with van der Waals surface area (Å²) in [6.07, 6.45) is -0.622. The van der Waals surface area contributed by atoms with Crippen molar-refractivity contribution < 1.29 is 9.84 Å². The summed E-state index contributed by atoms with van der Waals surface area (Å²) < 4.78 is 7.66. The summed E-state index contributed by atoms with van der Waals surface area (Å²) >= 11 is 5.20. The first-order valence-electron chi connectivity index (χ1n) is 6.77. The minimum atomic E-state index is -0.622. The molecule has 4 heteroatoms. The molecule has 1 N–H and O–H groups in total. The number of aliphatic hydroxyl groups is 1. The molecule has 2 nitrogen and oxygen atoms in total. The van der Waals surface area contributed by atoms with Gasteiger partial charge in [0.25, 0.3) is 0 Å². The third kappa shape index (κ3) is 2.84. The SMILES string of the molecule is CCOc1ccc(C(O)c2csc3c(Br)cccc23)cc1. The topological polar surface area (TPSA) is 29.5 Å². The van der Waals surface area contributed by atoms with Gasteiger partial charge in [0.1, 0.15) is 11.9 Å². The molecular formula is C17H15BrO2S. The molecule has 0 saturated heterocycles. The number of benzene rings is 2. The number of rotatable bonds is 4. The molecule has 3 aromatic rings. The van der Waals surface area contributed by atoms with Gasteiger partial charge >= 0.3 is 0 Å². The van der Waals surface area contributed by atoms with Gasteiger partial charge in [0.2, 0.25) is 0 Å². The number of hydrogen-bond acceptors (Lipinski definition) is 3. The van der Waals surface area contributed by atoms with Crippen molar-refractivity contribution in [1.29, 1.82) is 0 Å². The number of halogens is 1. The Morgan fingerprint density at radius 2 is 1.95 bits per heavy atom. The summed E-state index contributed by atoms with van der Waals surface area (Å²) in [6, 6.07) is 13.7. The van der Waals surface area contributed by atoms with E-state index in [1.54, 1.807) is 11.3 Å². The lowest BCUT2D eigenvalue weighted by atomic mass is 10.0. The lowest BCUT2D eigenvalue weighted by Crippen LogP contribution is -1.99. The van der Waals surface area contributed by atoms with Crippen molar-refractivity contribution in [2.45, 2.75) is 13.0 Å². The van der Waals surface area contributed by atoms with Gasteiger partial charge in [0.05, 0.1) is 6.61 Å². The first-order chi connectivity index (χ1) is 10.2. The van der Waals surface area contributed by atoms with Crippen molar-refractivity contribution in [2.24, 2.45) is 0 Å². The second-order valence-corrected chi connectivity index (χ2v) is 6.45. The van der Waals surface area contributed by atoms with E-state index in [-0.39, 0.29) is 0 Å². The lowest BCUT2D eigenvalue weighted by Gasteiger charge is -2.11. The van der Waals surface area contributed by atoms with Gasteiger partial charge in [-0.15, -0.1) is 11.3 Å². The Bertz CT molecular complexity index is 749. The second-order valence-electron chi connectivity index (χ2n) is 4.71. The van der Waals surface area contributed by atoms with Crippen molar-refractivity contribution in [3.05, 3.63) is 63.4 Å². The van der Waals surface area contributed by atoms with E-state index in [0.29, 0.717) is 6.61 Å². The summed E-state index contributed by atoms with van der Waals surface area (Å²) in [6.45, 7) is 2.60.